The molecule has 0 aliphatic heterocycles. The Kier molecular flexibility index (Phi) is 3.61. The van der Waals surface area contributed by atoms with Crippen molar-refractivity contribution >= 4 is 11.9 Å². The smallest absolute Gasteiger partial charge is 0.371 e. The van der Waals surface area contributed by atoms with Gasteiger partial charge in [-0.25, -0.2) is 9.18 Å². The first-order chi connectivity index (χ1) is 9.06. The molecule has 1 amide bonds. The van der Waals surface area contributed by atoms with E-state index in [0.29, 0.717) is 5.56 Å². The molecule has 0 unspecified atom stereocenters. The molecule has 2 rings (SSSR count). The maximum Gasteiger partial charge on any atom is 0.371 e. The second-order valence-corrected chi connectivity index (χ2v) is 3.78. The summed E-state index contributed by atoms with van der Waals surface area (Å²) < 4.78 is 17.7. The highest BCUT2D eigenvalue weighted by Crippen LogP contribution is 2.08. The number of carbonyl (C=O) groups is 2. The number of nitrogens with one attached hydrogen (secondary N) is 1. The summed E-state index contributed by atoms with van der Waals surface area (Å²) in [6, 6.07) is 8.26. The number of benzene rings is 1. The van der Waals surface area contributed by atoms with Crippen molar-refractivity contribution in [1.29, 1.82) is 0 Å². The molecule has 1 aromatic heterocycles. The summed E-state index contributed by atoms with van der Waals surface area (Å²) in [5.74, 6) is -2.61. The molecule has 98 valence electrons. The minimum absolute atomic E-state index is 0.103. The van der Waals surface area contributed by atoms with Crippen molar-refractivity contribution < 1.29 is 23.5 Å². The minimum Gasteiger partial charge on any atom is -0.475 e. The lowest BCUT2D eigenvalue weighted by molar-refractivity contribution is 0.0659. The van der Waals surface area contributed by atoms with Crippen LogP contribution in [0.15, 0.2) is 40.8 Å². The van der Waals surface area contributed by atoms with Crippen LogP contribution in [0.4, 0.5) is 4.39 Å². The first kappa shape index (κ1) is 12.8. The molecule has 2 N–H and O–H groups in total. The maximum atomic E-state index is 12.9. The normalized spacial score (nSPS) is 10.2. The molecule has 0 fully saturated rings. The standard InChI is InChI=1S/C13H10FNO4/c14-9-3-1-2-8(6-9)7-15-12(16)10-4-5-11(19-10)13(17)18/h1-6H,7H2,(H,15,16)(H,17,18). The Hall–Kier alpha value is -2.63. The van der Waals surface area contributed by atoms with E-state index in [-0.39, 0.29) is 18.1 Å². The molecule has 19 heavy (non-hydrogen) atoms. The van der Waals surface area contributed by atoms with Crippen LogP contribution in [-0.2, 0) is 6.54 Å². The Labute approximate surface area is 107 Å². The molecule has 0 aliphatic carbocycles. The highest BCUT2D eigenvalue weighted by atomic mass is 19.1. The molecule has 0 aliphatic rings. The second-order valence-electron chi connectivity index (χ2n) is 3.78. The van der Waals surface area contributed by atoms with E-state index in [0.717, 1.165) is 0 Å². The van der Waals surface area contributed by atoms with Gasteiger partial charge in [-0.05, 0) is 29.8 Å². The predicted octanol–water partition coefficient (Wildman–Crippen LogP) is 2.05. The molecule has 6 heteroatoms. The predicted molar refractivity (Wildman–Crippen MR) is 63.2 cm³/mol. The van der Waals surface area contributed by atoms with Gasteiger partial charge >= 0.3 is 5.97 Å². The van der Waals surface area contributed by atoms with Gasteiger partial charge in [0, 0.05) is 6.54 Å². The largest absolute Gasteiger partial charge is 0.475 e. The van der Waals surface area contributed by atoms with Gasteiger partial charge in [0.25, 0.3) is 5.91 Å². The number of amides is 1. The van der Waals surface area contributed by atoms with Crippen molar-refractivity contribution in [2.24, 2.45) is 0 Å². The molecule has 0 saturated heterocycles. The number of rotatable bonds is 4. The van der Waals surface area contributed by atoms with E-state index in [1.165, 1.54) is 30.3 Å². The van der Waals surface area contributed by atoms with Crippen molar-refractivity contribution in [1.82, 2.24) is 5.32 Å². The van der Waals surface area contributed by atoms with Gasteiger partial charge in [-0.2, -0.15) is 0 Å². The highest BCUT2D eigenvalue weighted by Gasteiger charge is 2.14. The Balaban J connectivity index is 1.99. The van der Waals surface area contributed by atoms with E-state index in [2.05, 4.69) is 5.32 Å². The van der Waals surface area contributed by atoms with Crippen LogP contribution in [0.2, 0.25) is 0 Å². The zero-order valence-corrected chi connectivity index (χ0v) is 9.72. The zero-order valence-electron chi connectivity index (χ0n) is 9.72. The van der Waals surface area contributed by atoms with E-state index < -0.39 is 17.7 Å². The van der Waals surface area contributed by atoms with Crippen LogP contribution in [0.1, 0.15) is 26.7 Å². The molecular weight excluding hydrogens is 253 g/mol. The number of furan rings is 1. The highest BCUT2D eigenvalue weighted by molar-refractivity contribution is 5.93. The molecule has 0 saturated carbocycles. The summed E-state index contributed by atoms with van der Waals surface area (Å²) in [7, 11) is 0. The van der Waals surface area contributed by atoms with E-state index in [9.17, 15) is 14.0 Å². The van der Waals surface area contributed by atoms with E-state index >= 15 is 0 Å². The summed E-state index contributed by atoms with van der Waals surface area (Å²) in [5, 5.41) is 11.2. The second kappa shape index (κ2) is 5.34. The van der Waals surface area contributed by atoms with Gasteiger partial charge in [-0.3, -0.25) is 4.79 Å². The van der Waals surface area contributed by atoms with Crippen molar-refractivity contribution in [3.63, 3.8) is 0 Å². The topological polar surface area (TPSA) is 79.5 Å². The molecule has 0 radical (unpaired) electrons. The minimum atomic E-state index is -1.25. The molecule has 0 atom stereocenters. The fourth-order valence-electron chi connectivity index (χ4n) is 1.49. The number of carbonyl (C=O) groups excluding carboxylic acids is 1. The van der Waals surface area contributed by atoms with Crippen LogP contribution in [0, 0.1) is 5.82 Å². The van der Waals surface area contributed by atoms with Gasteiger partial charge in [-0.1, -0.05) is 12.1 Å². The van der Waals surface area contributed by atoms with Crippen LogP contribution in [-0.4, -0.2) is 17.0 Å². The number of hydrogen-bond donors (Lipinski definition) is 2. The van der Waals surface area contributed by atoms with Crippen molar-refractivity contribution in [2.45, 2.75) is 6.54 Å². The number of carboxylic acids is 1. The first-order valence-corrected chi connectivity index (χ1v) is 5.42. The summed E-state index contributed by atoms with van der Waals surface area (Å²) in [6.07, 6.45) is 0. The molecular formula is C13H10FNO4. The van der Waals surface area contributed by atoms with Crippen molar-refractivity contribution in [3.8, 4) is 0 Å². The van der Waals surface area contributed by atoms with Gasteiger partial charge in [0.05, 0.1) is 0 Å². The van der Waals surface area contributed by atoms with E-state index in [1.54, 1.807) is 6.07 Å². The number of halogens is 1. The van der Waals surface area contributed by atoms with Gasteiger partial charge in [0.15, 0.2) is 5.76 Å². The molecule has 2 aromatic rings. The zero-order chi connectivity index (χ0) is 13.8. The molecule has 1 aromatic carbocycles. The Bertz CT molecular complexity index is 621. The number of aromatic carboxylic acids is 1. The van der Waals surface area contributed by atoms with E-state index in [4.69, 9.17) is 9.52 Å². The van der Waals surface area contributed by atoms with Gasteiger partial charge in [-0.15, -0.1) is 0 Å². The van der Waals surface area contributed by atoms with E-state index in [1.807, 2.05) is 0 Å². The molecule has 1 heterocycles. The number of hydrogen-bond acceptors (Lipinski definition) is 3. The molecule has 0 bridgehead atoms. The van der Waals surface area contributed by atoms with Gasteiger partial charge in [0.2, 0.25) is 5.76 Å². The first-order valence-electron chi connectivity index (χ1n) is 5.42. The van der Waals surface area contributed by atoms with Crippen molar-refractivity contribution in [3.05, 3.63) is 59.3 Å². The van der Waals surface area contributed by atoms with Gasteiger partial charge in [0.1, 0.15) is 5.82 Å². The fraction of sp³-hybridized carbons (Fsp3) is 0.0769. The third-order valence-electron chi connectivity index (χ3n) is 2.38. The van der Waals surface area contributed by atoms with Crippen LogP contribution in [0.3, 0.4) is 0 Å². The average molecular weight is 263 g/mol. The SMILES string of the molecule is O=C(O)c1ccc(C(=O)NCc2cccc(F)c2)o1. The Morgan fingerprint density at radius 3 is 2.58 bits per heavy atom. The van der Waals surface area contributed by atoms with Crippen LogP contribution in [0.25, 0.3) is 0 Å². The lowest BCUT2D eigenvalue weighted by Gasteiger charge is -2.03. The van der Waals surface area contributed by atoms with Gasteiger partial charge < -0.3 is 14.8 Å². The van der Waals surface area contributed by atoms with Crippen molar-refractivity contribution in [2.75, 3.05) is 0 Å². The summed E-state index contributed by atoms with van der Waals surface area (Å²) in [5.41, 5.74) is 0.596. The fourth-order valence-corrected chi connectivity index (χ4v) is 1.49. The molecule has 5 nitrogen and oxygen atoms in total. The third-order valence-corrected chi connectivity index (χ3v) is 2.38. The average Bonchev–Trinajstić information content (AvgIpc) is 2.86. The lowest BCUT2D eigenvalue weighted by atomic mass is 10.2. The lowest BCUT2D eigenvalue weighted by Crippen LogP contribution is -2.22. The summed E-state index contributed by atoms with van der Waals surface area (Å²) in [6.45, 7) is 0.125. The summed E-state index contributed by atoms with van der Waals surface area (Å²) in [4.78, 5) is 22.2. The Morgan fingerprint density at radius 1 is 1.21 bits per heavy atom. The Morgan fingerprint density at radius 2 is 1.95 bits per heavy atom. The maximum absolute atomic E-state index is 12.9. The number of carboxylic acid groups (broad SMARTS) is 1. The van der Waals surface area contributed by atoms with Crippen LogP contribution in [0.5, 0.6) is 0 Å². The van der Waals surface area contributed by atoms with Crippen LogP contribution >= 0.6 is 0 Å². The quantitative estimate of drug-likeness (QED) is 0.884. The molecule has 0 spiro atoms. The monoisotopic (exact) mass is 263 g/mol. The summed E-state index contributed by atoms with van der Waals surface area (Å²) >= 11 is 0. The van der Waals surface area contributed by atoms with Crippen LogP contribution < -0.4 is 5.32 Å². The third kappa shape index (κ3) is 3.19.